The summed E-state index contributed by atoms with van der Waals surface area (Å²) < 4.78 is 0. The molecule has 21 heavy (non-hydrogen) atoms. The number of carbonyl (C=O) groups is 1. The zero-order valence-corrected chi connectivity index (χ0v) is 12.6. The van der Waals surface area contributed by atoms with Crippen molar-refractivity contribution < 1.29 is 4.79 Å². The molecule has 2 amide bonds. The summed E-state index contributed by atoms with van der Waals surface area (Å²) >= 11 is 0. The summed E-state index contributed by atoms with van der Waals surface area (Å²) in [5.74, 6) is 0.916. The molecule has 4 nitrogen and oxygen atoms in total. The first-order chi connectivity index (χ1) is 10.3. The molecule has 2 N–H and O–H groups in total. The predicted octanol–water partition coefficient (Wildman–Crippen LogP) is 3.60. The van der Waals surface area contributed by atoms with Crippen LogP contribution in [0.3, 0.4) is 0 Å². The molecule has 0 spiro atoms. The van der Waals surface area contributed by atoms with E-state index < -0.39 is 0 Å². The van der Waals surface area contributed by atoms with E-state index in [1.54, 1.807) is 4.90 Å². The Morgan fingerprint density at radius 1 is 1.14 bits per heavy atom. The molecule has 1 saturated heterocycles. The molecule has 1 saturated carbocycles. The first-order valence-corrected chi connectivity index (χ1v) is 8.22. The SMILES string of the molecule is O=C1NCCN1c1ccc(NCCC2CCCCC2)cc1. The first kappa shape index (κ1) is 14.2. The van der Waals surface area contributed by atoms with Gasteiger partial charge in [0.25, 0.3) is 0 Å². The average Bonchev–Trinajstić information content (AvgIpc) is 2.95. The highest BCUT2D eigenvalue weighted by Crippen LogP contribution is 2.26. The van der Waals surface area contributed by atoms with E-state index >= 15 is 0 Å². The Morgan fingerprint density at radius 2 is 1.90 bits per heavy atom. The van der Waals surface area contributed by atoms with Crippen molar-refractivity contribution in [1.29, 1.82) is 0 Å². The van der Waals surface area contributed by atoms with Gasteiger partial charge < -0.3 is 10.6 Å². The maximum atomic E-state index is 11.6. The summed E-state index contributed by atoms with van der Waals surface area (Å²) in [6, 6.07) is 8.19. The number of hydrogen-bond acceptors (Lipinski definition) is 2. The Hall–Kier alpha value is -1.71. The summed E-state index contributed by atoms with van der Waals surface area (Å²) in [5, 5.41) is 6.33. The lowest BCUT2D eigenvalue weighted by molar-refractivity contribution is 0.252. The third kappa shape index (κ3) is 3.69. The summed E-state index contributed by atoms with van der Waals surface area (Å²) in [5.41, 5.74) is 2.12. The van der Waals surface area contributed by atoms with Crippen LogP contribution in [0.5, 0.6) is 0 Å². The van der Waals surface area contributed by atoms with Gasteiger partial charge in [0.2, 0.25) is 0 Å². The maximum Gasteiger partial charge on any atom is 0.321 e. The Kier molecular flexibility index (Phi) is 4.63. The van der Waals surface area contributed by atoms with Gasteiger partial charge in [-0.2, -0.15) is 0 Å². The molecule has 2 fully saturated rings. The number of carbonyl (C=O) groups excluding carboxylic acids is 1. The van der Waals surface area contributed by atoms with Crippen LogP contribution < -0.4 is 15.5 Å². The van der Waals surface area contributed by atoms with E-state index in [1.807, 2.05) is 12.1 Å². The van der Waals surface area contributed by atoms with Crippen LogP contribution in [0, 0.1) is 5.92 Å². The van der Waals surface area contributed by atoms with Crippen molar-refractivity contribution in [3.05, 3.63) is 24.3 Å². The number of rotatable bonds is 5. The molecule has 1 aliphatic heterocycles. The summed E-state index contributed by atoms with van der Waals surface area (Å²) in [6.45, 7) is 2.54. The van der Waals surface area contributed by atoms with Gasteiger partial charge in [0.05, 0.1) is 0 Å². The third-order valence-electron chi connectivity index (χ3n) is 4.64. The molecule has 1 aliphatic carbocycles. The van der Waals surface area contributed by atoms with Crippen molar-refractivity contribution in [2.45, 2.75) is 38.5 Å². The van der Waals surface area contributed by atoms with Gasteiger partial charge in [0.1, 0.15) is 0 Å². The van der Waals surface area contributed by atoms with E-state index in [0.29, 0.717) is 0 Å². The molecule has 4 heteroatoms. The van der Waals surface area contributed by atoms with Gasteiger partial charge in [-0.15, -0.1) is 0 Å². The fourth-order valence-electron chi connectivity index (χ4n) is 3.37. The van der Waals surface area contributed by atoms with Crippen LogP contribution in [0.4, 0.5) is 16.2 Å². The average molecular weight is 287 g/mol. The minimum Gasteiger partial charge on any atom is -0.385 e. The number of anilines is 2. The highest BCUT2D eigenvalue weighted by Gasteiger charge is 2.20. The van der Waals surface area contributed by atoms with Gasteiger partial charge in [-0.1, -0.05) is 32.1 Å². The van der Waals surface area contributed by atoms with Crippen LogP contribution in [0.2, 0.25) is 0 Å². The van der Waals surface area contributed by atoms with Crippen molar-refractivity contribution in [3.63, 3.8) is 0 Å². The van der Waals surface area contributed by atoms with Crippen molar-refractivity contribution >= 4 is 17.4 Å². The van der Waals surface area contributed by atoms with E-state index in [0.717, 1.165) is 36.9 Å². The standard InChI is InChI=1S/C17H25N3O/c21-17-19-12-13-20(17)16-8-6-15(7-9-16)18-11-10-14-4-2-1-3-5-14/h6-9,14,18H,1-5,10-13H2,(H,19,21). The van der Waals surface area contributed by atoms with Crippen molar-refractivity contribution in [3.8, 4) is 0 Å². The van der Waals surface area contributed by atoms with Crippen LogP contribution in [-0.2, 0) is 0 Å². The minimum atomic E-state index is 0.00741. The zero-order valence-electron chi connectivity index (χ0n) is 12.6. The lowest BCUT2D eigenvalue weighted by Crippen LogP contribution is -2.27. The molecule has 1 heterocycles. The van der Waals surface area contributed by atoms with Gasteiger partial charge in [-0.05, 0) is 36.6 Å². The molecular formula is C17H25N3O. The second kappa shape index (κ2) is 6.83. The summed E-state index contributed by atoms with van der Waals surface area (Å²) in [7, 11) is 0. The van der Waals surface area contributed by atoms with Crippen molar-refractivity contribution in [1.82, 2.24) is 5.32 Å². The molecule has 0 unspecified atom stereocenters. The van der Waals surface area contributed by atoms with E-state index in [4.69, 9.17) is 0 Å². The molecule has 0 aromatic heterocycles. The van der Waals surface area contributed by atoms with E-state index in [2.05, 4.69) is 22.8 Å². The monoisotopic (exact) mass is 287 g/mol. The molecule has 114 valence electrons. The van der Waals surface area contributed by atoms with Gasteiger partial charge in [-0.3, -0.25) is 4.90 Å². The molecule has 1 aromatic rings. The first-order valence-electron chi connectivity index (χ1n) is 8.22. The van der Waals surface area contributed by atoms with Crippen LogP contribution in [-0.4, -0.2) is 25.7 Å². The van der Waals surface area contributed by atoms with E-state index in [1.165, 1.54) is 38.5 Å². The van der Waals surface area contributed by atoms with Gasteiger partial charge in [0.15, 0.2) is 0 Å². The molecule has 3 rings (SSSR count). The normalized spacial score (nSPS) is 19.6. The highest BCUT2D eigenvalue weighted by atomic mass is 16.2. The number of nitrogens with zero attached hydrogens (tertiary/aromatic N) is 1. The number of hydrogen-bond donors (Lipinski definition) is 2. The van der Waals surface area contributed by atoms with Crippen molar-refractivity contribution in [2.24, 2.45) is 5.92 Å². The number of benzene rings is 1. The fraction of sp³-hybridized carbons (Fsp3) is 0.588. The van der Waals surface area contributed by atoms with E-state index in [9.17, 15) is 4.79 Å². The smallest absolute Gasteiger partial charge is 0.321 e. The molecule has 1 aromatic carbocycles. The molecule has 2 aliphatic rings. The molecule has 0 bridgehead atoms. The van der Waals surface area contributed by atoms with Crippen LogP contribution in [0.15, 0.2) is 24.3 Å². The lowest BCUT2D eigenvalue weighted by atomic mass is 9.87. The molecule has 0 radical (unpaired) electrons. The van der Waals surface area contributed by atoms with Crippen LogP contribution in [0.1, 0.15) is 38.5 Å². The predicted molar refractivity (Wildman–Crippen MR) is 86.9 cm³/mol. The second-order valence-corrected chi connectivity index (χ2v) is 6.15. The lowest BCUT2D eigenvalue weighted by Gasteiger charge is -2.21. The molecule has 0 atom stereocenters. The zero-order chi connectivity index (χ0) is 14.5. The Labute approximate surface area is 126 Å². The third-order valence-corrected chi connectivity index (χ3v) is 4.64. The Bertz CT molecular complexity index is 465. The van der Waals surface area contributed by atoms with Gasteiger partial charge >= 0.3 is 6.03 Å². The van der Waals surface area contributed by atoms with Crippen LogP contribution >= 0.6 is 0 Å². The van der Waals surface area contributed by atoms with Gasteiger partial charge in [-0.25, -0.2) is 4.79 Å². The topological polar surface area (TPSA) is 44.4 Å². The largest absolute Gasteiger partial charge is 0.385 e. The quantitative estimate of drug-likeness (QED) is 0.869. The Balaban J connectivity index is 1.46. The van der Waals surface area contributed by atoms with Gasteiger partial charge in [0, 0.05) is 31.0 Å². The summed E-state index contributed by atoms with van der Waals surface area (Å²) in [4.78, 5) is 13.4. The number of urea groups is 1. The fourth-order valence-corrected chi connectivity index (χ4v) is 3.37. The Morgan fingerprint density at radius 3 is 2.57 bits per heavy atom. The number of amides is 2. The highest BCUT2D eigenvalue weighted by molar-refractivity contribution is 5.94. The second-order valence-electron chi connectivity index (χ2n) is 6.15. The number of nitrogens with one attached hydrogen (secondary N) is 2. The van der Waals surface area contributed by atoms with E-state index in [-0.39, 0.29) is 6.03 Å². The maximum absolute atomic E-state index is 11.6. The summed E-state index contributed by atoms with van der Waals surface area (Å²) in [6.07, 6.45) is 8.34. The minimum absolute atomic E-state index is 0.00741. The molecular weight excluding hydrogens is 262 g/mol. The van der Waals surface area contributed by atoms with Crippen LogP contribution in [0.25, 0.3) is 0 Å². The van der Waals surface area contributed by atoms with Crippen molar-refractivity contribution in [2.75, 3.05) is 29.9 Å².